The fourth-order valence-corrected chi connectivity index (χ4v) is 2.74. The molecule has 1 aliphatic rings. The second kappa shape index (κ2) is 2.55. The molecule has 1 aliphatic heterocycles. The van der Waals surface area contributed by atoms with Crippen LogP contribution in [0.1, 0.15) is 0 Å². The molecule has 2 unspecified atom stereocenters. The summed E-state index contributed by atoms with van der Waals surface area (Å²) in [5.74, 6) is 2.36. The van der Waals surface area contributed by atoms with Gasteiger partial charge < -0.3 is 0 Å². The van der Waals surface area contributed by atoms with Gasteiger partial charge in [0, 0.05) is 22.0 Å². The van der Waals surface area contributed by atoms with E-state index in [1.807, 2.05) is 11.8 Å². The van der Waals surface area contributed by atoms with Crippen molar-refractivity contribution in [1.29, 1.82) is 0 Å². The molecule has 0 aromatic heterocycles. The van der Waals surface area contributed by atoms with Crippen LogP contribution >= 0.6 is 37.0 Å². The first kappa shape index (κ1) is 6.17. The van der Waals surface area contributed by atoms with Crippen molar-refractivity contribution in [2.45, 2.75) is 10.5 Å². The highest BCUT2D eigenvalue weighted by molar-refractivity contribution is 8.02. The zero-order valence-electron chi connectivity index (χ0n) is 3.87. The van der Waals surface area contributed by atoms with E-state index in [-0.39, 0.29) is 0 Å². The van der Waals surface area contributed by atoms with Crippen LogP contribution in [-0.4, -0.2) is 22.0 Å². The van der Waals surface area contributed by atoms with Gasteiger partial charge in [-0.15, -0.1) is 0 Å². The second-order valence-corrected chi connectivity index (χ2v) is 4.07. The van der Waals surface area contributed by atoms with Crippen molar-refractivity contribution in [2.75, 3.05) is 11.5 Å². The van der Waals surface area contributed by atoms with Crippen LogP contribution < -0.4 is 0 Å². The Morgan fingerprint density at radius 3 is 1.71 bits per heavy atom. The van der Waals surface area contributed by atoms with Crippen LogP contribution in [0, 0.1) is 0 Å². The third-order valence-electron chi connectivity index (χ3n) is 1.02. The van der Waals surface area contributed by atoms with E-state index in [1.165, 1.54) is 11.5 Å². The molecular weight excluding hydrogens is 144 g/mol. The summed E-state index contributed by atoms with van der Waals surface area (Å²) in [5.41, 5.74) is 0. The molecular formula is C4H8S3. The highest BCUT2D eigenvalue weighted by Crippen LogP contribution is 2.25. The van der Waals surface area contributed by atoms with Gasteiger partial charge in [0.15, 0.2) is 0 Å². The first-order valence-corrected chi connectivity index (χ1v) is 4.43. The molecule has 2 atom stereocenters. The van der Waals surface area contributed by atoms with Gasteiger partial charge in [0.25, 0.3) is 0 Å². The third kappa shape index (κ3) is 1.47. The normalized spacial score (nSPS) is 42.0. The van der Waals surface area contributed by atoms with E-state index in [1.54, 1.807) is 0 Å². The molecule has 0 aliphatic carbocycles. The van der Waals surface area contributed by atoms with Crippen molar-refractivity contribution in [2.24, 2.45) is 0 Å². The average Bonchev–Trinajstić information content (AvgIpc) is 1.91. The lowest BCUT2D eigenvalue weighted by atomic mass is 10.4. The van der Waals surface area contributed by atoms with Crippen molar-refractivity contribution in [3.63, 3.8) is 0 Å². The second-order valence-electron chi connectivity index (χ2n) is 1.67. The molecule has 0 aromatic carbocycles. The Hall–Kier alpha value is 1.05. The summed E-state index contributed by atoms with van der Waals surface area (Å²) in [6, 6.07) is 0. The Kier molecular flexibility index (Phi) is 2.25. The topological polar surface area (TPSA) is 0 Å². The number of thiol groups is 2. The van der Waals surface area contributed by atoms with E-state index in [9.17, 15) is 0 Å². The van der Waals surface area contributed by atoms with Crippen LogP contribution in [0.15, 0.2) is 0 Å². The van der Waals surface area contributed by atoms with Gasteiger partial charge in [-0.25, -0.2) is 0 Å². The van der Waals surface area contributed by atoms with Crippen molar-refractivity contribution < 1.29 is 0 Å². The molecule has 1 fully saturated rings. The number of thioether (sulfide) groups is 1. The van der Waals surface area contributed by atoms with Crippen LogP contribution in [0.3, 0.4) is 0 Å². The van der Waals surface area contributed by atoms with Crippen LogP contribution in [0.4, 0.5) is 0 Å². The Labute approximate surface area is 59.3 Å². The highest BCUT2D eigenvalue weighted by atomic mass is 32.2. The molecule has 1 rings (SSSR count). The summed E-state index contributed by atoms with van der Waals surface area (Å²) in [6.07, 6.45) is 0. The van der Waals surface area contributed by atoms with E-state index in [4.69, 9.17) is 0 Å². The van der Waals surface area contributed by atoms with Gasteiger partial charge in [-0.1, -0.05) is 0 Å². The van der Waals surface area contributed by atoms with Crippen molar-refractivity contribution in [3.05, 3.63) is 0 Å². The molecule has 0 amide bonds. The SMILES string of the molecule is SC1CSCC1S. The summed E-state index contributed by atoms with van der Waals surface area (Å²) >= 11 is 10.5. The minimum atomic E-state index is 0.535. The summed E-state index contributed by atoms with van der Waals surface area (Å²) in [4.78, 5) is 0. The predicted octanol–water partition coefficient (Wildman–Crippen LogP) is 1.33. The van der Waals surface area contributed by atoms with E-state index in [2.05, 4.69) is 25.3 Å². The summed E-state index contributed by atoms with van der Waals surface area (Å²) < 4.78 is 0. The molecule has 42 valence electrons. The lowest BCUT2D eigenvalue weighted by Gasteiger charge is -2.01. The van der Waals surface area contributed by atoms with E-state index in [0.717, 1.165) is 0 Å². The molecule has 0 radical (unpaired) electrons. The predicted molar refractivity (Wildman–Crippen MR) is 42.9 cm³/mol. The molecule has 0 nitrogen and oxygen atoms in total. The summed E-state index contributed by atoms with van der Waals surface area (Å²) in [7, 11) is 0. The minimum Gasteiger partial charge on any atom is -0.174 e. The van der Waals surface area contributed by atoms with Crippen LogP contribution in [0.2, 0.25) is 0 Å². The molecule has 0 N–H and O–H groups in total. The number of rotatable bonds is 0. The molecule has 0 aromatic rings. The first-order chi connectivity index (χ1) is 3.30. The van der Waals surface area contributed by atoms with Crippen molar-refractivity contribution in [3.8, 4) is 0 Å². The Morgan fingerprint density at radius 1 is 1.14 bits per heavy atom. The van der Waals surface area contributed by atoms with Gasteiger partial charge in [-0.3, -0.25) is 0 Å². The van der Waals surface area contributed by atoms with Crippen molar-refractivity contribution in [1.82, 2.24) is 0 Å². The number of hydrogen-bond acceptors (Lipinski definition) is 3. The van der Waals surface area contributed by atoms with E-state index >= 15 is 0 Å². The lowest BCUT2D eigenvalue weighted by molar-refractivity contribution is 1.01. The van der Waals surface area contributed by atoms with Gasteiger partial charge >= 0.3 is 0 Å². The number of hydrogen-bond donors (Lipinski definition) is 2. The smallest absolute Gasteiger partial charge is 0.0232 e. The van der Waals surface area contributed by atoms with Crippen LogP contribution in [-0.2, 0) is 0 Å². The highest BCUT2D eigenvalue weighted by Gasteiger charge is 2.20. The Morgan fingerprint density at radius 2 is 1.57 bits per heavy atom. The Bertz CT molecular complexity index is 56.0. The van der Waals surface area contributed by atoms with Crippen LogP contribution in [0.25, 0.3) is 0 Å². The van der Waals surface area contributed by atoms with Crippen molar-refractivity contribution >= 4 is 37.0 Å². The van der Waals surface area contributed by atoms with Crippen LogP contribution in [0.5, 0.6) is 0 Å². The molecule has 1 saturated heterocycles. The molecule has 0 saturated carbocycles. The van der Waals surface area contributed by atoms with Gasteiger partial charge in [-0.05, 0) is 0 Å². The van der Waals surface area contributed by atoms with Gasteiger partial charge in [-0.2, -0.15) is 37.0 Å². The van der Waals surface area contributed by atoms with Gasteiger partial charge in [0.2, 0.25) is 0 Å². The third-order valence-corrected chi connectivity index (χ3v) is 4.03. The standard InChI is InChI=1S/C4H8S3/c5-3-1-7-2-4(3)6/h3-6H,1-2H2. The quantitative estimate of drug-likeness (QED) is 0.494. The maximum absolute atomic E-state index is 4.29. The zero-order chi connectivity index (χ0) is 5.28. The summed E-state index contributed by atoms with van der Waals surface area (Å²) in [6.45, 7) is 0. The van der Waals surface area contributed by atoms with E-state index < -0.39 is 0 Å². The lowest BCUT2D eigenvalue weighted by Crippen LogP contribution is -2.10. The molecule has 0 spiro atoms. The monoisotopic (exact) mass is 152 g/mol. The average molecular weight is 152 g/mol. The fraction of sp³-hybridized carbons (Fsp3) is 1.00. The minimum absolute atomic E-state index is 0.535. The van der Waals surface area contributed by atoms with E-state index in [0.29, 0.717) is 10.5 Å². The molecule has 0 bridgehead atoms. The molecule has 7 heavy (non-hydrogen) atoms. The maximum Gasteiger partial charge on any atom is 0.0232 e. The largest absolute Gasteiger partial charge is 0.174 e. The summed E-state index contributed by atoms with van der Waals surface area (Å²) in [5, 5.41) is 1.07. The Balaban J connectivity index is 2.33. The van der Waals surface area contributed by atoms with Gasteiger partial charge in [0.05, 0.1) is 0 Å². The zero-order valence-corrected chi connectivity index (χ0v) is 6.48. The van der Waals surface area contributed by atoms with Gasteiger partial charge in [0.1, 0.15) is 0 Å². The molecule has 1 heterocycles. The first-order valence-electron chi connectivity index (χ1n) is 2.24. The molecule has 3 heteroatoms. The fourth-order valence-electron chi connectivity index (χ4n) is 0.532. The maximum atomic E-state index is 4.29.